The normalized spacial score (nSPS) is 20.3. The fourth-order valence-electron chi connectivity index (χ4n) is 5.52. The molecule has 2 atom stereocenters. The van der Waals surface area contributed by atoms with Crippen molar-refractivity contribution in [2.45, 2.75) is 70.9 Å². The first kappa shape index (κ1) is 22.6. The predicted octanol–water partition coefficient (Wildman–Crippen LogP) is 3.90. The van der Waals surface area contributed by atoms with E-state index in [0.29, 0.717) is 18.2 Å². The molecule has 2 aliphatic rings. The molecule has 1 aromatic carbocycles. The van der Waals surface area contributed by atoms with Crippen molar-refractivity contribution in [1.29, 1.82) is 0 Å². The lowest BCUT2D eigenvalue weighted by atomic mass is 9.91. The van der Waals surface area contributed by atoms with Crippen LogP contribution < -0.4 is 10.6 Å². The topological polar surface area (TPSA) is 105 Å². The highest BCUT2D eigenvalue weighted by molar-refractivity contribution is 5.92. The van der Waals surface area contributed by atoms with Gasteiger partial charge >= 0.3 is 0 Å². The third kappa shape index (κ3) is 4.72. The number of nitrogens with zero attached hydrogens (tertiary/aromatic N) is 3. The van der Waals surface area contributed by atoms with Crippen LogP contribution >= 0.6 is 0 Å². The molecular formula is C26H34N6O2. The van der Waals surface area contributed by atoms with Crippen LogP contribution in [-0.2, 0) is 17.8 Å². The van der Waals surface area contributed by atoms with Crippen molar-refractivity contribution in [2.75, 3.05) is 6.54 Å². The summed E-state index contributed by atoms with van der Waals surface area (Å²) in [7, 11) is 0. The first-order valence-corrected chi connectivity index (χ1v) is 12.7. The maximum atomic E-state index is 13.2. The second-order valence-electron chi connectivity index (χ2n) is 9.69. The molecular weight excluding hydrogens is 428 g/mol. The van der Waals surface area contributed by atoms with Gasteiger partial charge in [0.1, 0.15) is 11.5 Å². The zero-order valence-electron chi connectivity index (χ0n) is 19.8. The van der Waals surface area contributed by atoms with Crippen LogP contribution in [0.2, 0.25) is 0 Å². The van der Waals surface area contributed by atoms with Crippen LogP contribution in [0, 0.1) is 11.8 Å². The number of H-pyrrole nitrogens is 1. The van der Waals surface area contributed by atoms with Crippen molar-refractivity contribution in [3.05, 3.63) is 47.5 Å². The Kier molecular flexibility index (Phi) is 6.65. The average Bonchev–Trinajstić information content (AvgIpc) is 3.53. The molecule has 3 aromatic rings. The number of fused-ring (bicyclic) bond motifs is 1. The third-order valence-corrected chi connectivity index (χ3v) is 7.41. The molecule has 0 radical (unpaired) electrons. The Hall–Kier alpha value is -3.16. The SMILES string of the molecule is CCn1nccc1C(=O)NC(c1nc2ccc(CC3CCNC3=O)cc2[nH]1)C1CCCCCC1. The van der Waals surface area contributed by atoms with E-state index in [9.17, 15) is 9.59 Å². The summed E-state index contributed by atoms with van der Waals surface area (Å²) >= 11 is 0. The van der Waals surface area contributed by atoms with Crippen LogP contribution in [0.1, 0.15) is 79.8 Å². The van der Waals surface area contributed by atoms with Gasteiger partial charge in [-0.1, -0.05) is 31.7 Å². The Labute approximate surface area is 199 Å². The third-order valence-electron chi connectivity index (χ3n) is 7.41. The monoisotopic (exact) mass is 462 g/mol. The number of imidazole rings is 1. The largest absolute Gasteiger partial charge is 0.356 e. The molecule has 1 saturated carbocycles. The molecule has 2 unspecified atom stereocenters. The van der Waals surface area contributed by atoms with Gasteiger partial charge in [0.2, 0.25) is 5.91 Å². The number of amides is 2. The zero-order valence-corrected chi connectivity index (χ0v) is 19.8. The van der Waals surface area contributed by atoms with Gasteiger partial charge in [0, 0.05) is 25.2 Å². The van der Waals surface area contributed by atoms with Crippen molar-refractivity contribution >= 4 is 22.8 Å². The minimum absolute atomic E-state index is 0.0429. The number of aromatic nitrogens is 4. The van der Waals surface area contributed by atoms with Gasteiger partial charge in [-0.05, 0) is 62.3 Å². The van der Waals surface area contributed by atoms with Gasteiger partial charge < -0.3 is 15.6 Å². The highest BCUT2D eigenvalue weighted by Gasteiger charge is 2.30. The molecule has 1 saturated heterocycles. The van der Waals surface area contributed by atoms with E-state index in [0.717, 1.165) is 54.6 Å². The summed E-state index contributed by atoms with van der Waals surface area (Å²) in [5.41, 5.74) is 3.56. The van der Waals surface area contributed by atoms with Crippen molar-refractivity contribution in [3.8, 4) is 0 Å². The van der Waals surface area contributed by atoms with E-state index in [4.69, 9.17) is 4.98 Å². The smallest absolute Gasteiger partial charge is 0.270 e. The number of nitrogens with one attached hydrogen (secondary N) is 3. The summed E-state index contributed by atoms with van der Waals surface area (Å²) in [5.74, 6) is 1.23. The molecule has 0 bridgehead atoms. The number of carbonyl (C=O) groups excluding carboxylic acids is 2. The predicted molar refractivity (Wildman–Crippen MR) is 130 cm³/mol. The Bertz CT molecular complexity index is 1160. The maximum Gasteiger partial charge on any atom is 0.270 e. The molecule has 8 heteroatoms. The van der Waals surface area contributed by atoms with E-state index < -0.39 is 0 Å². The van der Waals surface area contributed by atoms with Crippen LogP contribution in [0.3, 0.4) is 0 Å². The van der Waals surface area contributed by atoms with E-state index in [1.54, 1.807) is 16.9 Å². The highest BCUT2D eigenvalue weighted by atomic mass is 16.2. The molecule has 8 nitrogen and oxygen atoms in total. The van der Waals surface area contributed by atoms with E-state index in [1.807, 2.05) is 13.0 Å². The van der Waals surface area contributed by atoms with Crippen molar-refractivity contribution in [3.63, 3.8) is 0 Å². The van der Waals surface area contributed by atoms with Gasteiger partial charge in [-0.2, -0.15) is 5.10 Å². The number of rotatable bonds is 7. The summed E-state index contributed by atoms with van der Waals surface area (Å²) in [5, 5.41) is 10.5. The Morgan fingerprint density at radius 3 is 2.74 bits per heavy atom. The number of carbonyl (C=O) groups is 2. The Balaban J connectivity index is 1.42. The van der Waals surface area contributed by atoms with Gasteiger partial charge in [0.25, 0.3) is 5.91 Å². The van der Waals surface area contributed by atoms with Crippen LogP contribution in [0.5, 0.6) is 0 Å². The summed E-state index contributed by atoms with van der Waals surface area (Å²) < 4.78 is 1.73. The lowest BCUT2D eigenvalue weighted by Crippen LogP contribution is -2.35. The number of benzene rings is 1. The summed E-state index contributed by atoms with van der Waals surface area (Å²) in [6.45, 7) is 3.40. The summed E-state index contributed by atoms with van der Waals surface area (Å²) in [6, 6.07) is 7.79. The molecule has 3 N–H and O–H groups in total. The molecule has 2 fully saturated rings. The number of aromatic amines is 1. The quantitative estimate of drug-likeness (QED) is 0.463. The standard InChI is InChI=1S/C26H34N6O2/c1-2-32-22(12-14-28-32)26(34)31-23(18-7-5-3-4-6-8-18)24-29-20-10-9-17(16-21(20)30-24)15-19-11-13-27-25(19)33/h9-10,12,14,16,18-19,23H,2-8,11,13,15H2,1H3,(H,27,33)(H,29,30)(H,31,34). The highest BCUT2D eigenvalue weighted by Crippen LogP contribution is 2.34. The van der Waals surface area contributed by atoms with Crippen molar-refractivity contribution < 1.29 is 9.59 Å². The molecule has 34 heavy (non-hydrogen) atoms. The van der Waals surface area contributed by atoms with Gasteiger partial charge in [-0.25, -0.2) is 4.98 Å². The fourth-order valence-corrected chi connectivity index (χ4v) is 5.52. The van der Waals surface area contributed by atoms with Gasteiger partial charge in [-0.15, -0.1) is 0 Å². The Morgan fingerprint density at radius 2 is 2.00 bits per heavy atom. The lowest BCUT2D eigenvalue weighted by molar-refractivity contribution is -0.122. The molecule has 1 aliphatic heterocycles. The van der Waals surface area contributed by atoms with E-state index in [2.05, 4.69) is 32.8 Å². The zero-order chi connectivity index (χ0) is 23.5. The van der Waals surface area contributed by atoms with E-state index in [1.165, 1.54) is 25.7 Å². The summed E-state index contributed by atoms with van der Waals surface area (Å²) in [6.07, 6.45) is 10.3. The fraction of sp³-hybridized carbons (Fsp3) is 0.538. The van der Waals surface area contributed by atoms with Crippen LogP contribution in [0.15, 0.2) is 30.5 Å². The molecule has 2 aromatic heterocycles. The van der Waals surface area contributed by atoms with Crippen LogP contribution in [-0.4, -0.2) is 38.1 Å². The summed E-state index contributed by atoms with van der Waals surface area (Å²) in [4.78, 5) is 33.7. The van der Waals surface area contributed by atoms with Crippen LogP contribution in [0.4, 0.5) is 0 Å². The van der Waals surface area contributed by atoms with Crippen molar-refractivity contribution in [1.82, 2.24) is 30.4 Å². The molecule has 3 heterocycles. The van der Waals surface area contributed by atoms with Gasteiger partial charge in [-0.3, -0.25) is 14.3 Å². The minimum atomic E-state index is -0.178. The molecule has 1 aliphatic carbocycles. The molecule has 180 valence electrons. The molecule has 2 amide bonds. The second kappa shape index (κ2) is 9.99. The number of hydrogen-bond donors (Lipinski definition) is 3. The van der Waals surface area contributed by atoms with Crippen LogP contribution in [0.25, 0.3) is 11.0 Å². The minimum Gasteiger partial charge on any atom is -0.356 e. The van der Waals surface area contributed by atoms with E-state index in [-0.39, 0.29) is 23.8 Å². The molecule has 0 spiro atoms. The number of aryl methyl sites for hydroxylation is 1. The molecule has 5 rings (SSSR count). The Morgan fingerprint density at radius 1 is 1.18 bits per heavy atom. The average molecular weight is 463 g/mol. The van der Waals surface area contributed by atoms with Crippen molar-refractivity contribution in [2.24, 2.45) is 11.8 Å². The first-order chi connectivity index (χ1) is 16.6. The maximum absolute atomic E-state index is 13.2. The van der Waals surface area contributed by atoms with Gasteiger partial charge in [0.05, 0.1) is 17.1 Å². The second-order valence-corrected chi connectivity index (χ2v) is 9.69. The number of hydrogen-bond acceptors (Lipinski definition) is 4. The van der Waals surface area contributed by atoms with Gasteiger partial charge in [0.15, 0.2) is 0 Å². The lowest BCUT2D eigenvalue weighted by Gasteiger charge is -2.25. The van der Waals surface area contributed by atoms with E-state index >= 15 is 0 Å². The first-order valence-electron chi connectivity index (χ1n) is 12.7.